The number of phenolic OH excluding ortho intramolecular Hbond substituents is 1. The van der Waals surface area contributed by atoms with Crippen LogP contribution in [0.3, 0.4) is 0 Å². The Hall–Kier alpha value is -4.15. The van der Waals surface area contributed by atoms with E-state index >= 15 is 0 Å². The topological polar surface area (TPSA) is 122 Å². The number of imide groups is 1. The number of aromatic hydroxyl groups is 1. The number of fused-ring (bicyclic) bond motifs is 1. The van der Waals surface area contributed by atoms with Gasteiger partial charge >= 0.3 is 0 Å². The third-order valence-corrected chi connectivity index (χ3v) is 6.31. The highest BCUT2D eigenvalue weighted by Gasteiger charge is 2.60. The number of nitrogens with zero attached hydrogens (tertiary/aromatic N) is 3. The van der Waals surface area contributed by atoms with Gasteiger partial charge in [-0.3, -0.25) is 24.5 Å². The summed E-state index contributed by atoms with van der Waals surface area (Å²) in [5.74, 6) is -1.85. The number of methoxy groups -OCH3 is 1. The zero-order valence-corrected chi connectivity index (χ0v) is 19.0. The van der Waals surface area contributed by atoms with E-state index in [4.69, 9.17) is 21.2 Å². The molecule has 35 heavy (non-hydrogen) atoms. The van der Waals surface area contributed by atoms with Crippen LogP contribution in [-0.4, -0.2) is 35.1 Å². The van der Waals surface area contributed by atoms with Crippen molar-refractivity contribution in [2.75, 3.05) is 17.1 Å². The molecular formula is C24H18ClN3O7. The van der Waals surface area contributed by atoms with Crippen LogP contribution in [0.15, 0.2) is 66.7 Å². The van der Waals surface area contributed by atoms with E-state index in [9.17, 15) is 24.8 Å². The normalized spacial score (nSPS) is 21.4. The van der Waals surface area contributed by atoms with E-state index in [1.807, 2.05) is 0 Å². The second-order valence-corrected chi connectivity index (χ2v) is 8.45. The number of carbonyl (C=O) groups is 2. The second kappa shape index (κ2) is 8.57. The molecule has 0 spiro atoms. The number of hydrogen-bond acceptors (Lipinski definition) is 8. The van der Waals surface area contributed by atoms with Gasteiger partial charge in [0.15, 0.2) is 17.6 Å². The molecule has 0 radical (unpaired) electrons. The van der Waals surface area contributed by atoms with Crippen molar-refractivity contribution < 1.29 is 29.2 Å². The van der Waals surface area contributed by atoms with Crippen molar-refractivity contribution in [3.05, 3.63) is 87.4 Å². The van der Waals surface area contributed by atoms with Gasteiger partial charge in [0.05, 0.1) is 29.4 Å². The summed E-state index contributed by atoms with van der Waals surface area (Å²) in [6.07, 6.45) is -1.13. The van der Waals surface area contributed by atoms with Crippen molar-refractivity contribution in [3.8, 4) is 11.5 Å². The molecule has 5 rings (SSSR count). The van der Waals surface area contributed by atoms with E-state index < -0.39 is 34.8 Å². The number of hydrogen-bond donors (Lipinski definition) is 1. The van der Waals surface area contributed by atoms with Crippen LogP contribution >= 0.6 is 11.6 Å². The molecule has 0 unspecified atom stereocenters. The van der Waals surface area contributed by atoms with E-state index in [1.54, 1.807) is 36.4 Å². The lowest BCUT2D eigenvalue weighted by atomic mass is 9.90. The maximum atomic E-state index is 13.6. The van der Waals surface area contributed by atoms with Gasteiger partial charge in [-0.15, -0.1) is 0 Å². The minimum Gasteiger partial charge on any atom is -0.504 e. The van der Waals surface area contributed by atoms with Crippen molar-refractivity contribution in [3.63, 3.8) is 0 Å². The molecule has 2 aliphatic heterocycles. The van der Waals surface area contributed by atoms with Crippen LogP contribution < -0.4 is 14.7 Å². The lowest BCUT2D eigenvalue weighted by molar-refractivity contribution is -0.384. The number of ether oxygens (including phenoxy) is 1. The molecule has 0 saturated carbocycles. The summed E-state index contributed by atoms with van der Waals surface area (Å²) < 4.78 is 5.23. The van der Waals surface area contributed by atoms with E-state index in [-0.39, 0.29) is 17.2 Å². The maximum absolute atomic E-state index is 13.6. The highest BCUT2D eigenvalue weighted by molar-refractivity contribution is 6.31. The summed E-state index contributed by atoms with van der Waals surface area (Å²) in [6.45, 7) is 0. The Labute approximate surface area is 203 Å². The van der Waals surface area contributed by atoms with E-state index in [2.05, 4.69) is 0 Å². The minimum atomic E-state index is -1.13. The fourth-order valence-electron chi connectivity index (χ4n) is 4.42. The number of carbonyl (C=O) groups excluding carboxylic acids is 2. The molecule has 3 aromatic carbocycles. The Balaban J connectivity index is 1.59. The molecule has 3 aromatic rings. The quantitative estimate of drug-likeness (QED) is 0.320. The first-order valence-corrected chi connectivity index (χ1v) is 10.9. The third kappa shape index (κ3) is 3.72. The van der Waals surface area contributed by atoms with Crippen molar-refractivity contribution in [2.45, 2.75) is 12.1 Å². The number of nitro groups is 1. The van der Waals surface area contributed by atoms with Crippen LogP contribution in [0.25, 0.3) is 0 Å². The smallest absolute Gasteiger partial charge is 0.269 e. The summed E-state index contributed by atoms with van der Waals surface area (Å²) in [5, 5.41) is 23.0. The number of phenols is 1. The number of halogens is 1. The molecule has 2 aliphatic rings. The lowest BCUT2D eigenvalue weighted by Crippen LogP contribution is -2.37. The summed E-state index contributed by atoms with van der Waals surface area (Å²) in [5.41, 5.74) is 1.22. The highest BCUT2D eigenvalue weighted by Crippen LogP contribution is 2.48. The Bertz CT molecular complexity index is 1330. The van der Waals surface area contributed by atoms with Crippen LogP contribution in [0.4, 0.5) is 17.1 Å². The fraction of sp³-hybridized carbons (Fsp3) is 0.167. The first-order chi connectivity index (χ1) is 16.8. The van der Waals surface area contributed by atoms with Gasteiger partial charge in [0.1, 0.15) is 5.92 Å². The average molecular weight is 496 g/mol. The van der Waals surface area contributed by atoms with Crippen molar-refractivity contribution >= 4 is 40.5 Å². The fourth-order valence-corrected chi connectivity index (χ4v) is 4.55. The van der Waals surface area contributed by atoms with Gasteiger partial charge in [-0.2, -0.15) is 0 Å². The molecule has 10 nitrogen and oxygen atoms in total. The lowest BCUT2D eigenvalue weighted by Gasteiger charge is -2.29. The molecule has 0 aliphatic carbocycles. The van der Waals surface area contributed by atoms with E-state index in [0.717, 1.165) is 4.90 Å². The first-order valence-electron chi connectivity index (χ1n) is 10.5. The Morgan fingerprint density at radius 1 is 1.00 bits per heavy atom. The molecule has 0 bridgehead atoms. The number of rotatable bonds is 5. The van der Waals surface area contributed by atoms with Crippen LogP contribution in [0, 0.1) is 16.0 Å². The Kier molecular flexibility index (Phi) is 5.54. The average Bonchev–Trinajstić information content (AvgIpc) is 3.36. The standard InChI is InChI=1S/C24H18ClN3O7/c1-34-19-12-13(2-11-18(19)29)21-20-22(35-27(21)16-7-9-17(10-8-16)28(32)33)24(31)26(23(20)30)15-5-3-14(25)4-6-15/h2-12,20-22,29H,1H3/t20-,21+,22-/m1/s1. The van der Waals surface area contributed by atoms with Crippen molar-refractivity contribution in [1.29, 1.82) is 0 Å². The first kappa shape index (κ1) is 22.6. The molecule has 11 heteroatoms. The van der Waals surface area contributed by atoms with Crippen LogP contribution in [0.1, 0.15) is 11.6 Å². The molecule has 2 saturated heterocycles. The SMILES string of the molecule is COc1cc([C@H]2[C@H]3C(=O)N(c4ccc(Cl)cc4)C(=O)[C@@H]3ON2c2ccc([N+](=O)[O-])cc2)ccc1O. The predicted octanol–water partition coefficient (Wildman–Crippen LogP) is 4.01. The van der Waals surface area contributed by atoms with Gasteiger partial charge in [-0.1, -0.05) is 17.7 Å². The summed E-state index contributed by atoms with van der Waals surface area (Å²) in [6, 6.07) is 15.7. The van der Waals surface area contributed by atoms with E-state index in [1.165, 1.54) is 42.5 Å². The van der Waals surface area contributed by atoms with Crippen LogP contribution in [0.5, 0.6) is 11.5 Å². The number of nitro benzene ring substituents is 1. The molecule has 0 aromatic heterocycles. The Morgan fingerprint density at radius 2 is 1.66 bits per heavy atom. The predicted molar refractivity (Wildman–Crippen MR) is 125 cm³/mol. The van der Waals surface area contributed by atoms with E-state index in [0.29, 0.717) is 22.0 Å². The molecule has 3 atom stereocenters. The molecule has 2 heterocycles. The molecule has 1 N–H and O–H groups in total. The number of amides is 2. The summed E-state index contributed by atoms with van der Waals surface area (Å²) in [4.78, 5) is 44.6. The second-order valence-electron chi connectivity index (χ2n) is 8.02. The van der Waals surface area contributed by atoms with Gasteiger partial charge in [0, 0.05) is 17.2 Å². The zero-order valence-electron chi connectivity index (χ0n) is 18.2. The van der Waals surface area contributed by atoms with Crippen LogP contribution in [-0.2, 0) is 14.4 Å². The van der Waals surface area contributed by atoms with Gasteiger partial charge < -0.3 is 9.84 Å². The molecule has 2 amide bonds. The largest absolute Gasteiger partial charge is 0.504 e. The molecule has 178 valence electrons. The van der Waals surface area contributed by atoms with Gasteiger partial charge in [-0.25, -0.2) is 9.96 Å². The van der Waals surface area contributed by atoms with Gasteiger partial charge in [-0.05, 0) is 54.1 Å². The summed E-state index contributed by atoms with van der Waals surface area (Å²) >= 11 is 5.95. The van der Waals surface area contributed by atoms with Crippen molar-refractivity contribution in [2.24, 2.45) is 5.92 Å². The van der Waals surface area contributed by atoms with Crippen LogP contribution in [0.2, 0.25) is 5.02 Å². The molecule has 2 fully saturated rings. The monoisotopic (exact) mass is 495 g/mol. The number of hydroxylamine groups is 1. The number of anilines is 2. The minimum absolute atomic E-state index is 0.0924. The van der Waals surface area contributed by atoms with Gasteiger partial charge in [0.2, 0.25) is 5.91 Å². The van der Waals surface area contributed by atoms with Gasteiger partial charge in [0.25, 0.3) is 11.6 Å². The number of benzene rings is 3. The molecular weight excluding hydrogens is 478 g/mol. The maximum Gasteiger partial charge on any atom is 0.269 e. The van der Waals surface area contributed by atoms with Crippen molar-refractivity contribution in [1.82, 2.24) is 0 Å². The number of non-ortho nitro benzene ring substituents is 1. The summed E-state index contributed by atoms with van der Waals surface area (Å²) in [7, 11) is 1.40. The highest BCUT2D eigenvalue weighted by atomic mass is 35.5. The Morgan fingerprint density at radius 3 is 2.29 bits per heavy atom. The zero-order chi connectivity index (χ0) is 24.9. The third-order valence-electron chi connectivity index (χ3n) is 6.06.